The molecule has 0 amide bonds. The monoisotopic (exact) mass is 213 g/mol. The van der Waals surface area contributed by atoms with Crippen LogP contribution in [0, 0.1) is 0 Å². The molecule has 2 nitrogen and oxygen atoms in total. The molecule has 0 saturated heterocycles. The first-order valence-corrected chi connectivity index (χ1v) is 4.46. The molecular formula is C11H13F2NO. The summed E-state index contributed by atoms with van der Waals surface area (Å²) in [4.78, 5) is 0. The summed E-state index contributed by atoms with van der Waals surface area (Å²) in [6, 6.07) is 5.95. The molecule has 0 aliphatic carbocycles. The van der Waals surface area contributed by atoms with Crippen molar-refractivity contribution in [1.29, 1.82) is 0 Å². The normalized spacial score (nSPS) is 12.6. The Kier molecular flexibility index (Phi) is 3.80. The molecule has 0 radical (unpaired) electrons. The summed E-state index contributed by atoms with van der Waals surface area (Å²) in [5.41, 5.74) is 7.44. The van der Waals surface area contributed by atoms with E-state index in [-0.39, 0.29) is 11.8 Å². The highest BCUT2D eigenvalue weighted by Crippen LogP contribution is 2.21. The zero-order valence-corrected chi connectivity index (χ0v) is 8.41. The van der Waals surface area contributed by atoms with E-state index >= 15 is 0 Å². The summed E-state index contributed by atoms with van der Waals surface area (Å²) < 4.78 is 27.9. The van der Waals surface area contributed by atoms with E-state index in [1.54, 1.807) is 12.1 Å². The van der Waals surface area contributed by atoms with Crippen LogP contribution in [-0.4, -0.2) is 6.61 Å². The Balaban J connectivity index is 2.76. The van der Waals surface area contributed by atoms with Crippen molar-refractivity contribution < 1.29 is 13.5 Å². The van der Waals surface area contributed by atoms with Crippen LogP contribution in [0.1, 0.15) is 18.5 Å². The number of nitrogens with two attached hydrogens (primary N) is 1. The van der Waals surface area contributed by atoms with Crippen molar-refractivity contribution in [3.63, 3.8) is 0 Å². The van der Waals surface area contributed by atoms with E-state index in [0.717, 1.165) is 11.1 Å². The molecule has 0 aliphatic heterocycles. The van der Waals surface area contributed by atoms with Crippen molar-refractivity contribution in [2.45, 2.75) is 19.6 Å². The Morgan fingerprint density at radius 3 is 2.27 bits per heavy atom. The van der Waals surface area contributed by atoms with Crippen LogP contribution in [0.5, 0.6) is 5.75 Å². The second-order valence-electron chi connectivity index (χ2n) is 3.27. The molecule has 0 heterocycles. The topological polar surface area (TPSA) is 35.2 Å². The van der Waals surface area contributed by atoms with Gasteiger partial charge in [0.1, 0.15) is 5.75 Å². The van der Waals surface area contributed by atoms with E-state index in [4.69, 9.17) is 5.73 Å². The van der Waals surface area contributed by atoms with Gasteiger partial charge in [0.2, 0.25) is 0 Å². The molecule has 0 fully saturated rings. The molecule has 4 heteroatoms. The van der Waals surface area contributed by atoms with Gasteiger partial charge < -0.3 is 10.5 Å². The number of benzene rings is 1. The van der Waals surface area contributed by atoms with Crippen LogP contribution in [0.25, 0.3) is 0 Å². The Bertz CT molecular complexity index is 335. The van der Waals surface area contributed by atoms with E-state index < -0.39 is 6.61 Å². The molecule has 82 valence electrons. The number of rotatable bonds is 4. The molecule has 1 aromatic carbocycles. The summed E-state index contributed by atoms with van der Waals surface area (Å²) in [5.74, 6) is 0.127. The van der Waals surface area contributed by atoms with E-state index in [2.05, 4.69) is 11.3 Å². The molecule has 15 heavy (non-hydrogen) atoms. The van der Waals surface area contributed by atoms with Crippen molar-refractivity contribution in [3.8, 4) is 5.75 Å². The molecule has 1 aromatic rings. The molecule has 0 aromatic heterocycles. The van der Waals surface area contributed by atoms with Gasteiger partial charge in [-0.1, -0.05) is 24.3 Å². The zero-order chi connectivity index (χ0) is 11.4. The third kappa shape index (κ3) is 3.32. The fourth-order valence-electron chi connectivity index (χ4n) is 1.14. The molecule has 1 unspecified atom stereocenters. The lowest BCUT2D eigenvalue weighted by atomic mass is 10.0. The van der Waals surface area contributed by atoms with Gasteiger partial charge in [0.15, 0.2) is 0 Å². The van der Waals surface area contributed by atoms with Gasteiger partial charge in [-0.25, -0.2) is 0 Å². The first-order valence-electron chi connectivity index (χ1n) is 4.46. The van der Waals surface area contributed by atoms with Gasteiger partial charge in [-0.15, -0.1) is 0 Å². The van der Waals surface area contributed by atoms with Crippen LogP contribution in [0.3, 0.4) is 0 Å². The lowest BCUT2D eigenvalue weighted by Gasteiger charge is -2.12. The first kappa shape index (κ1) is 11.7. The molecule has 1 atom stereocenters. The van der Waals surface area contributed by atoms with Gasteiger partial charge in [-0.05, 0) is 24.6 Å². The Hall–Kier alpha value is -1.42. The maximum absolute atomic E-state index is 11.8. The Labute approximate surface area is 87.4 Å². The average Bonchev–Trinajstić information content (AvgIpc) is 2.17. The van der Waals surface area contributed by atoms with Crippen molar-refractivity contribution in [2.24, 2.45) is 5.73 Å². The molecule has 0 bridgehead atoms. The standard InChI is InChI=1S/C11H13F2NO/c1-7(2)10(14)8-3-5-9(6-4-8)15-11(12)13/h3-6,10-11H,1,14H2,2H3. The minimum atomic E-state index is -2.80. The SMILES string of the molecule is C=C(C)C(N)c1ccc(OC(F)F)cc1. The maximum atomic E-state index is 11.8. The maximum Gasteiger partial charge on any atom is 0.387 e. The predicted octanol–water partition coefficient (Wildman–Crippen LogP) is 2.86. The van der Waals surface area contributed by atoms with Gasteiger partial charge in [-0.2, -0.15) is 8.78 Å². The van der Waals surface area contributed by atoms with Crippen molar-refractivity contribution in [1.82, 2.24) is 0 Å². The number of halogens is 2. The van der Waals surface area contributed by atoms with Crippen molar-refractivity contribution >= 4 is 0 Å². The third-order valence-corrected chi connectivity index (χ3v) is 2.00. The number of ether oxygens (including phenoxy) is 1. The van der Waals surface area contributed by atoms with E-state index in [1.165, 1.54) is 12.1 Å². The van der Waals surface area contributed by atoms with Crippen LogP contribution in [-0.2, 0) is 0 Å². The van der Waals surface area contributed by atoms with Crippen LogP contribution < -0.4 is 10.5 Å². The zero-order valence-electron chi connectivity index (χ0n) is 8.41. The van der Waals surface area contributed by atoms with Crippen molar-refractivity contribution in [2.75, 3.05) is 0 Å². The van der Waals surface area contributed by atoms with E-state index in [9.17, 15) is 8.78 Å². The van der Waals surface area contributed by atoms with Gasteiger partial charge >= 0.3 is 6.61 Å². The van der Waals surface area contributed by atoms with E-state index in [0.29, 0.717) is 0 Å². The van der Waals surface area contributed by atoms with Gasteiger partial charge in [0, 0.05) is 0 Å². The Morgan fingerprint density at radius 2 is 1.87 bits per heavy atom. The minimum Gasteiger partial charge on any atom is -0.435 e. The highest BCUT2D eigenvalue weighted by molar-refractivity contribution is 5.32. The van der Waals surface area contributed by atoms with Crippen LogP contribution in [0.2, 0.25) is 0 Å². The fourth-order valence-corrected chi connectivity index (χ4v) is 1.14. The smallest absolute Gasteiger partial charge is 0.387 e. The van der Waals surface area contributed by atoms with Crippen LogP contribution in [0.4, 0.5) is 8.78 Å². The molecule has 0 aliphatic rings. The number of alkyl halides is 2. The first-order chi connectivity index (χ1) is 7.00. The highest BCUT2D eigenvalue weighted by Gasteiger charge is 2.08. The van der Waals surface area contributed by atoms with Crippen LogP contribution >= 0.6 is 0 Å². The lowest BCUT2D eigenvalue weighted by molar-refractivity contribution is -0.0498. The lowest BCUT2D eigenvalue weighted by Crippen LogP contribution is -2.10. The predicted molar refractivity (Wildman–Crippen MR) is 54.8 cm³/mol. The molecule has 0 saturated carbocycles. The Morgan fingerprint density at radius 1 is 1.33 bits per heavy atom. The quantitative estimate of drug-likeness (QED) is 0.780. The second-order valence-corrected chi connectivity index (χ2v) is 3.27. The summed E-state index contributed by atoms with van der Waals surface area (Å²) >= 11 is 0. The van der Waals surface area contributed by atoms with E-state index in [1.807, 2.05) is 6.92 Å². The minimum absolute atomic E-state index is 0.127. The fraction of sp³-hybridized carbons (Fsp3) is 0.273. The average molecular weight is 213 g/mol. The van der Waals surface area contributed by atoms with Gasteiger partial charge in [0.05, 0.1) is 6.04 Å². The highest BCUT2D eigenvalue weighted by atomic mass is 19.3. The molecular weight excluding hydrogens is 200 g/mol. The summed E-state index contributed by atoms with van der Waals surface area (Å²) in [5, 5.41) is 0. The molecule has 0 spiro atoms. The van der Waals surface area contributed by atoms with Gasteiger partial charge in [-0.3, -0.25) is 0 Å². The summed E-state index contributed by atoms with van der Waals surface area (Å²) in [7, 11) is 0. The summed E-state index contributed by atoms with van der Waals surface area (Å²) in [6.45, 7) is 2.74. The largest absolute Gasteiger partial charge is 0.435 e. The van der Waals surface area contributed by atoms with Crippen LogP contribution in [0.15, 0.2) is 36.4 Å². The second kappa shape index (κ2) is 4.89. The summed E-state index contributed by atoms with van der Waals surface area (Å²) in [6.07, 6.45) is 0. The van der Waals surface area contributed by atoms with Gasteiger partial charge in [0.25, 0.3) is 0 Å². The number of hydrogen-bond donors (Lipinski definition) is 1. The molecule has 2 N–H and O–H groups in total. The number of hydrogen-bond acceptors (Lipinski definition) is 2. The van der Waals surface area contributed by atoms with Crippen molar-refractivity contribution in [3.05, 3.63) is 42.0 Å². The molecule has 1 rings (SSSR count). The third-order valence-electron chi connectivity index (χ3n) is 2.00.